The number of nitrogens with one attached hydrogen (secondary N) is 1. The van der Waals surface area contributed by atoms with Gasteiger partial charge in [0, 0.05) is 17.9 Å². The summed E-state index contributed by atoms with van der Waals surface area (Å²) in [5.41, 5.74) is 2.09. The molecule has 28 heavy (non-hydrogen) atoms. The molecule has 0 aliphatic carbocycles. The monoisotopic (exact) mass is 402 g/mol. The zero-order valence-corrected chi connectivity index (χ0v) is 17.2. The van der Waals surface area contributed by atoms with Crippen LogP contribution in [0.1, 0.15) is 37.4 Å². The number of rotatable bonds is 10. The number of methoxy groups -OCH3 is 1. The maximum absolute atomic E-state index is 12.4. The molecule has 0 saturated heterocycles. The fourth-order valence-electron chi connectivity index (χ4n) is 2.80. The van der Waals surface area contributed by atoms with Crippen molar-refractivity contribution in [3.05, 3.63) is 69.8 Å². The molecule has 0 unspecified atom stereocenters. The zero-order valence-electron chi connectivity index (χ0n) is 16.4. The zero-order chi connectivity index (χ0) is 20.5. The topological polar surface area (TPSA) is 81.5 Å². The number of ether oxygens (including phenoxy) is 1. The Morgan fingerprint density at radius 1 is 1.14 bits per heavy atom. The molecule has 0 saturated carbocycles. The lowest BCUT2D eigenvalue weighted by Crippen LogP contribution is -2.30. The summed E-state index contributed by atoms with van der Waals surface area (Å²) < 4.78 is 5.20. The van der Waals surface area contributed by atoms with E-state index in [4.69, 9.17) is 4.74 Å². The van der Waals surface area contributed by atoms with E-state index in [0.29, 0.717) is 17.4 Å². The summed E-state index contributed by atoms with van der Waals surface area (Å²) in [7, 11) is 1.63. The van der Waals surface area contributed by atoms with Crippen LogP contribution in [0.15, 0.2) is 48.5 Å². The van der Waals surface area contributed by atoms with Crippen molar-refractivity contribution in [3.63, 3.8) is 0 Å². The summed E-state index contributed by atoms with van der Waals surface area (Å²) in [5.74, 6) is 2.18. The second-order valence-electron chi connectivity index (χ2n) is 6.94. The molecule has 2 aromatic rings. The number of carbonyl (C=O) groups excluding carboxylic acids is 1. The van der Waals surface area contributed by atoms with Crippen LogP contribution in [-0.2, 0) is 10.5 Å². The number of nitro groups is 1. The molecule has 0 bridgehead atoms. The predicted octanol–water partition coefficient (Wildman–Crippen LogP) is 4.74. The molecule has 150 valence electrons. The first-order valence-electron chi connectivity index (χ1n) is 9.13. The van der Waals surface area contributed by atoms with Crippen LogP contribution in [0.5, 0.6) is 5.75 Å². The van der Waals surface area contributed by atoms with E-state index in [2.05, 4.69) is 19.2 Å². The molecule has 2 aromatic carbocycles. The Hall–Kier alpha value is -2.54. The van der Waals surface area contributed by atoms with Gasteiger partial charge in [-0.25, -0.2) is 0 Å². The number of thioether (sulfide) groups is 1. The van der Waals surface area contributed by atoms with E-state index < -0.39 is 4.92 Å². The molecule has 0 heterocycles. The largest absolute Gasteiger partial charge is 0.497 e. The van der Waals surface area contributed by atoms with Crippen LogP contribution in [0, 0.1) is 16.0 Å². The minimum absolute atomic E-state index is 0.0200. The second kappa shape index (κ2) is 10.7. The Balaban J connectivity index is 1.89. The smallest absolute Gasteiger partial charge is 0.269 e. The maximum atomic E-state index is 12.4. The van der Waals surface area contributed by atoms with E-state index in [1.54, 1.807) is 19.2 Å². The molecular formula is C21H26N2O4S. The third-order valence-corrected chi connectivity index (χ3v) is 5.21. The van der Waals surface area contributed by atoms with Crippen LogP contribution in [0.3, 0.4) is 0 Å². The summed E-state index contributed by atoms with van der Waals surface area (Å²) in [4.78, 5) is 22.7. The van der Waals surface area contributed by atoms with E-state index in [0.717, 1.165) is 23.3 Å². The number of benzene rings is 2. The van der Waals surface area contributed by atoms with Crippen molar-refractivity contribution in [2.45, 2.75) is 32.1 Å². The number of nitro benzene ring substituents is 1. The molecule has 2 rings (SSSR count). The molecule has 1 amide bonds. The number of nitrogens with zero attached hydrogens (tertiary/aromatic N) is 1. The highest BCUT2D eigenvalue weighted by molar-refractivity contribution is 7.99. The first-order chi connectivity index (χ1) is 13.4. The van der Waals surface area contributed by atoms with Gasteiger partial charge in [-0.1, -0.05) is 38.1 Å². The van der Waals surface area contributed by atoms with Gasteiger partial charge in [0.25, 0.3) is 5.69 Å². The van der Waals surface area contributed by atoms with Gasteiger partial charge in [-0.05, 0) is 35.6 Å². The predicted molar refractivity (Wildman–Crippen MR) is 113 cm³/mol. The van der Waals surface area contributed by atoms with Gasteiger partial charge in [-0.15, -0.1) is 11.8 Å². The van der Waals surface area contributed by atoms with Gasteiger partial charge in [0.05, 0.1) is 23.8 Å². The molecule has 1 N–H and O–H groups in total. The molecule has 0 aromatic heterocycles. The molecule has 1 atom stereocenters. The van der Waals surface area contributed by atoms with Gasteiger partial charge >= 0.3 is 0 Å². The van der Waals surface area contributed by atoms with Gasteiger partial charge in [0.1, 0.15) is 5.75 Å². The quantitative estimate of drug-likeness (QED) is 0.458. The Morgan fingerprint density at radius 3 is 2.32 bits per heavy atom. The van der Waals surface area contributed by atoms with Crippen molar-refractivity contribution in [2.24, 2.45) is 5.92 Å². The van der Waals surface area contributed by atoms with Gasteiger partial charge in [-0.3, -0.25) is 14.9 Å². The fraction of sp³-hybridized carbons (Fsp3) is 0.381. The first-order valence-corrected chi connectivity index (χ1v) is 10.3. The Bertz CT molecular complexity index is 776. The number of hydrogen-bond donors (Lipinski definition) is 1. The van der Waals surface area contributed by atoms with Crippen molar-refractivity contribution in [1.29, 1.82) is 0 Å². The van der Waals surface area contributed by atoms with E-state index in [9.17, 15) is 14.9 Å². The molecule has 0 spiro atoms. The van der Waals surface area contributed by atoms with E-state index >= 15 is 0 Å². The van der Waals surface area contributed by atoms with Crippen molar-refractivity contribution >= 4 is 23.4 Å². The lowest BCUT2D eigenvalue weighted by atomic mass is 9.97. The van der Waals surface area contributed by atoms with Crippen LogP contribution in [-0.4, -0.2) is 23.7 Å². The third kappa shape index (κ3) is 6.88. The lowest BCUT2D eigenvalue weighted by Gasteiger charge is -2.21. The Morgan fingerprint density at radius 2 is 1.79 bits per heavy atom. The average Bonchev–Trinajstić information content (AvgIpc) is 2.67. The van der Waals surface area contributed by atoms with E-state index in [1.807, 2.05) is 24.3 Å². The van der Waals surface area contributed by atoms with Gasteiger partial charge in [0.2, 0.25) is 5.91 Å². The molecule has 0 radical (unpaired) electrons. The molecule has 0 aliphatic rings. The molecule has 7 heteroatoms. The third-order valence-electron chi connectivity index (χ3n) is 4.21. The number of amides is 1. The normalized spacial score (nSPS) is 11.9. The number of non-ortho nitro benzene ring substituents is 1. The molecule has 0 aliphatic heterocycles. The number of hydrogen-bond acceptors (Lipinski definition) is 5. The van der Waals surface area contributed by atoms with Crippen molar-refractivity contribution in [2.75, 3.05) is 12.9 Å². The second-order valence-corrected chi connectivity index (χ2v) is 7.92. The highest BCUT2D eigenvalue weighted by atomic mass is 32.2. The summed E-state index contributed by atoms with van der Waals surface area (Å²) >= 11 is 1.49. The summed E-state index contributed by atoms with van der Waals surface area (Å²) in [5, 5.41) is 13.8. The Labute approximate surface area is 169 Å². The van der Waals surface area contributed by atoms with Crippen LogP contribution in [0.4, 0.5) is 5.69 Å². The van der Waals surface area contributed by atoms with Gasteiger partial charge < -0.3 is 10.1 Å². The van der Waals surface area contributed by atoms with Gasteiger partial charge in [0.15, 0.2) is 0 Å². The summed E-state index contributed by atoms with van der Waals surface area (Å²) in [6, 6.07) is 14.1. The Kier molecular flexibility index (Phi) is 8.32. The van der Waals surface area contributed by atoms with Crippen LogP contribution in [0.2, 0.25) is 0 Å². The average molecular weight is 403 g/mol. The van der Waals surface area contributed by atoms with E-state index in [-0.39, 0.29) is 17.6 Å². The van der Waals surface area contributed by atoms with Crippen LogP contribution < -0.4 is 10.1 Å². The van der Waals surface area contributed by atoms with E-state index in [1.165, 1.54) is 23.9 Å². The van der Waals surface area contributed by atoms with Crippen molar-refractivity contribution in [3.8, 4) is 5.75 Å². The van der Waals surface area contributed by atoms with Crippen LogP contribution >= 0.6 is 11.8 Å². The highest BCUT2D eigenvalue weighted by Gasteiger charge is 2.16. The van der Waals surface area contributed by atoms with Gasteiger partial charge in [-0.2, -0.15) is 0 Å². The minimum atomic E-state index is -0.418. The summed E-state index contributed by atoms with van der Waals surface area (Å²) in [6.45, 7) is 4.26. The van der Waals surface area contributed by atoms with Crippen molar-refractivity contribution in [1.82, 2.24) is 5.32 Å². The van der Waals surface area contributed by atoms with Crippen molar-refractivity contribution < 1.29 is 14.5 Å². The molecule has 0 fully saturated rings. The maximum Gasteiger partial charge on any atom is 0.269 e. The lowest BCUT2D eigenvalue weighted by molar-refractivity contribution is -0.384. The number of carbonyl (C=O) groups is 1. The summed E-state index contributed by atoms with van der Waals surface area (Å²) in [6.07, 6.45) is 0.852. The first kappa shape index (κ1) is 21.8. The van der Waals surface area contributed by atoms with Crippen LogP contribution in [0.25, 0.3) is 0 Å². The standard InChI is InChI=1S/C21H26N2O4S/c1-15(2)12-20(17-6-10-19(27-3)11-7-17)22-21(24)14-28-13-16-4-8-18(9-5-16)23(25)26/h4-11,15,20H,12-14H2,1-3H3,(H,22,24)/t20-/m0/s1. The SMILES string of the molecule is COc1ccc([C@H](CC(C)C)NC(=O)CSCc2ccc([N+](=O)[O-])cc2)cc1. The molecular weight excluding hydrogens is 376 g/mol. The fourth-order valence-corrected chi connectivity index (χ4v) is 3.60. The minimum Gasteiger partial charge on any atom is -0.497 e. The molecule has 6 nitrogen and oxygen atoms in total. The highest BCUT2D eigenvalue weighted by Crippen LogP contribution is 2.24.